The molecule has 2 fully saturated rings. The van der Waals surface area contributed by atoms with E-state index >= 15 is 0 Å². The van der Waals surface area contributed by atoms with Gasteiger partial charge in [-0.15, -0.1) is 0 Å². The van der Waals surface area contributed by atoms with Gasteiger partial charge in [0, 0.05) is 18.7 Å². The van der Waals surface area contributed by atoms with Gasteiger partial charge in [-0.2, -0.15) is 0 Å². The molecule has 0 spiro atoms. The largest absolute Gasteiger partial charge is 0.507 e. The van der Waals surface area contributed by atoms with Gasteiger partial charge in [-0.05, 0) is 68.6 Å². The molecular weight excluding hydrogens is 364 g/mol. The van der Waals surface area contributed by atoms with Crippen LogP contribution in [0.2, 0.25) is 0 Å². The molecule has 2 aliphatic rings. The number of carbonyl (C=O) groups is 1. The molecule has 154 valence electrons. The van der Waals surface area contributed by atoms with Crippen molar-refractivity contribution in [3.05, 3.63) is 64.7 Å². The van der Waals surface area contributed by atoms with Crippen molar-refractivity contribution < 1.29 is 14.6 Å². The third-order valence-corrected chi connectivity index (χ3v) is 6.13. The molecule has 4 rings (SSSR count). The molecule has 5 nitrogen and oxygen atoms in total. The first kappa shape index (κ1) is 19.9. The molecule has 0 saturated carbocycles. The van der Waals surface area contributed by atoms with E-state index in [1.54, 1.807) is 12.1 Å². The molecular formula is C24H30N2O3. The molecule has 0 unspecified atom stereocenters. The zero-order chi connectivity index (χ0) is 20.4. The van der Waals surface area contributed by atoms with Crippen LogP contribution in [0, 0.1) is 13.8 Å². The maximum Gasteiger partial charge on any atom is 0.254 e. The number of phenols is 1. The lowest BCUT2D eigenvalue weighted by Crippen LogP contribution is -2.51. The van der Waals surface area contributed by atoms with Gasteiger partial charge in [-0.25, -0.2) is 0 Å². The number of nitrogens with zero attached hydrogens (tertiary/aromatic N) is 2. The Morgan fingerprint density at radius 2 is 1.72 bits per heavy atom. The number of hydrogen-bond acceptors (Lipinski definition) is 4. The van der Waals surface area contributed by atoms with Crippen LogP contribution in [0.4, 0.5) is 0 Å². The number of aryl methyl sites for hydroxylation is 2. The first-order valence-corrected chi connectivity index (χ1v) is 10.5. The van der Waals surface area contributed by atoms with E-state index in [1.807, 2.05) is 36.9 Å². The highest BCUT2D eigenvalue weighted by molar-refractivity contribution is 5.95. The number of ether oxygens (including phenoxy) is 1. The highest BCUT2D eigenvalue weighted by Crippen LogP contribution is 2.33. The molecule has 1 amide bonds. The average molecular weight is 395 g/mol. The van der Waals surface area contributed by atoms with Crippen LogP contribution in [0.15, 0.2) is 42.5 Å². The lowest BCUT2D eigenvalue weighted by Gasteiger charge is -2.43. The summed E-state index contributed by atoms with van der Waals surface area (Å²) >= 11 is 0. The fourth-order valence-corrected chi connectivity index (χ4v) is 4.62. The van der Waals surface area contributed by atoms with E-state index in [4.69, 9.17) is 4.74 Å². The molecule has 2 aromatic rings. The number of likely N-dealkylation sites (tertiary alicyclic amines) is 1. The fourth-order valence-electron chi connectivity index (χ4n) is 4.62. The second kappa shape index (κ2) is 8.56. The first-order chi connectivity index (χ1) is 14.0. The number of rotatable bonds is 4. The van der Waals surface area contributed by atoms with Crippen molar-refractivity contribution >= 4 is 5.91 Å². The lowest BCUT2D eigenvalue weighted by atomic mass is 9.96. The van der Waals surface area contributed by atoms with Gasteiger partial charge in [-0.1, -0.05) is 30.3 Å². The summed E-state index contributed by atoms with van der Waals surface area (Å²) in [5.41, 5.74) is 3.19. The van der Waals surface area contributed by atoms with E-state index in [0.29, 0.717) is 18.7 Å². The Bertz CT molecular complexity index is 839. The maximum atomic E-state index is 13.6. The Labute approximate surface area is 172 Å². The van der Waals surface area contributed by atoms with Crippen molar-refractivity contribution in [2.45, 2.75) is 38.8 Å². The molecule has 2 aliphatic heterocycles. The second-order valence-corrected chi connectivity index (χ2v) is 8.23. The summed E-state index contributed by atoms with van der Waals surface area (Å²) in [5.74, 6) is 0.259. The van der Waals surface area contributed by atoms with Gasteiger partial charge in [0.15, 0.2) is 0 Å². The molecule has 2 heterocycles. The number of phenolic OH excluding ortho intramolecular Hbond substituents is 1. The summed E-state index contributed by atoms with van der Waals surface area (Å²) < 4.78 is 6.21. The van der Waals surface area contributed by atoms with Crippen LogP contribution in [-0.2, 0) is 4.74 Å². The molecule has 0 radical (unpaired) electrons. The Hall–Kier alpha value is -2.37. The van der Waals surface area contributed by atoms with Gasteiger partial charge >= 0.3 is 0 Å². The van der Waals surface area contributed by atoms with E-state index in [2.05, 4.69) is 17.0 Å². The van der Waals surface area contributed by atoms with Gasteiger partial charge in [-0.3, -0.25) is 4.79 Å². The van der Waals surface area contributed by atoms with Crippen molar-refractivity contribution in [1.29, 1.82) is 0 Å². The predicted octanol–water partition coefficient (Wildman–Crippen LogP) is 3.69. The Morgan fingerprint density at radius 1 is 1.07 bits per heavy atom. The highest BCUT2D eigenvalue weighted by Gasteiger charge is 2.38. The van der Waals surface area contributed by atoms with Crippen LogP contribution in [0.1, 0.15) is 45.9 Å². The SMILES string of the molecule is Cc1cc(C(=O)N2CCO[C@@H](CN3CCCC3)[C@@H]2c2ccccc2)cc(C)c1O. The first-order valence-electron chi connectivity index (χ1n) is 10.5. The summed E-state index contributed by atoms with van der Waals surface area (Å²) in [5, 5.41) is 10.1. The monoisotopic (exact) mass is 394 g/mol. The summed E-state index contributed by atoms with van der Waals surface area (Å²) in [4.78, 5) is 18.0. The fraction of sp³-hybridized carbons (Fsp3) is 0.458. The quantitative estimate of drug-likeness (QED) is 0.859. The van der Waals surface area contributed by atoms with Crippen molar-refractivity contribution in [2.24, 2.45) is 0 Å². The normalized spacial score (nSPS) is 22.8. The minimum atomic E-state index is -0.118. The molecule has 2 aromatic carbocycles. The second-order valence-electron chi connectivity index (χ2n) is 8.23. The van der Waals surface area contributed by atoms with Gasteiger partial charge in [0.1, 0.15) is 5.75 Å². The smallest absolute Gasteiger partial charge is 0.254 e. The molecule has 0 aliphatic carbocycles. The molecule has 0 aromatic heterocycles. The molecule has 2 atom stereocenters. The zero-order valence-electron chi connectivity index (χ0n) is 17.3. The minimum absolute atomic E-state index is 0.000208. The number of morpholine rings is 1. The van der Waals surface area contributed by atoms with E-state index in [0.717, 1.165) is 36.3 Å². The van der Waals surface area contributed by atoms with Crippen LogP contribution >= 0.6 is 0 Å². The van der Waals surface area contributed by atoms with Gasteiger partial charge < -0.3 is 19.6 Å². The van der Waals surface area contributed by atoms with Crippen molar-refractivity contribution in [1.82, 2.24) is 9.80 Å². The Kier molecular flexibility index (Phi) is 5.88. The summed E-state index contributed by atoms with van der Waals surface area (Å²) in [6, 6.07) is 13.7. The molecule has 0 bridgehead atoms. The standard InChI is InChI=1S/C24H30N2O3/c1-17-14-20(15-18(2)23(17)27)24(28)26-12-13-29-21(16-25-10-6-7-11-25)22(26)19-8-4-3-5-9-19/h3-5,8-9,14-15,21-22,27H,6-7,10-13,16H2,1-2H3/t21-,22-/m0/s1. The van der Waals surface area contributed by atoms with E-state index < -0.39 is 0 Å². The van der Waals surface area contributed by atoms with Crippen LogP contribution < -0.4 is 0 Å². The average Bonchev–Trinajstić information content (AvgIpc) is 3.24. The number of hydrogen-bond donors (Lipinski definition) is 1. The van der Waals surface area contributed by atoms with E-state index in [1.165, 1.54) is 12.8 Å². The van der Waals surface area contributed by atoms with Crippen molar-refractivity contribution in [3.8, 4) is 5.75 Å². The van der Waals surface area contributed by atoms with Crippen LogP contribution in [0.3, 0.4) is 0 Å². The Balaban J connectivity index is 1.67. The maximum absolute atomic E-state index is 13.6. The lowest BCUT2D eigenvalue weighted by molar-refractivity contribution is -0.0707. The van der Waals surface area contributed by atoms with Crippen LogP contribution in [0.25, 0.3) is 0 Å². The third kappa shape index (κ3) is 4.16. The van der Waals surface area contributed by atoms with Gasteiger partial charge in [0.2, 0.25) is 0 Å². The minimum Gasteiger partial charge on any atom is -0.507 e. The topological polar surface area (TPSA) is 53.0 Å². The van der Waals surface area contributed by atoms with Crippen molar-refractivity contribution in [3.63, 3.8) is 0 Å². The van der Waals surface area contributed by atoms with E-state index in [-0.39, 0.29) is 23.8 Å². The Morgan fingerprint density at radius 3 is 2.38 bits per heavy atom. The summed E-state index contributed by atoms with van der Waals surface area (Å²) in [6.45, 7) is 7.83. The summed E-state index contributed by atoms with van der Waals surface area (Å²) in [6.07, 6.45) is 2.42. The van der Waals surface area contributed by atoms with Crippen molar-refractivity contribution in [2.75, 3.05) is 32.8 Å². The number of benzene rings is 2. The number of carbonyl (C=O) groups excluding carboxylic acids is 1. The third-order valence-electron chi connectivity index (χ3n) is 6.13. The van der Waals surface area contributed by atoms with Crippen LogP contribution in [0.5, 0.6) is 5.75 Å². The summed E-state index contributed by atoms with van der Waals surface area (Å²) in [7, 11) is 0. The highest BCUT2D eigenvalue weighted by atomic mass is 16.5. The molecule has 1 N–H and O–H groups in total. The van der Waals surface area contributed by atoms with Gasteiger partial charge in [0.25, 0.3) is 5.91 Å². The van der Waals surface area contributed by atoms with E-state index in [9.17, 15) is 9.90 Å². The number of amides is 1. The predicted molar refractivity (Wildman–Crippen MR) is 113 cm³/mol. The van der Waals surface area contributed by atoms with Gasteiger partial charge in [0.05, 0.1) is 18.8 Å². The molecule has 5 heteroatoms. The molecule has 29 heavy (non-hydrogen) atoms. The molecule has 2 saturated heterocycles. The zero-order valence-corrected chi connectivity index (χ0v) is 17.3. The number of aromatic hydroxyl groups is 1. The van der Waals surface area contributed by atoms with Crippen LogP contribution in [-0.4, -0.2) is 59.7 Å².